The molecule has 0 N–H and O–H groups in total. The molecule has 86 valence electrons. The van der Waals surface area contributed by atoms with E-state index in [-0.39, 0.29) is 0 Å². The van der Waals surface area contributed by atoms with Crippen molar-refractivity contribution >= 4 is 11.4 Å². The van der Waals surface area contributed by atoms with Gasteiger partial charge in [0.2, 0.25) is 0 Å². The monoisotopic (exact) mass is 216 g/mol. The molecular formula is C14H20N2. The molecule has 4 atom stereocenters. The van der Waals surface area contributed by atoms with Crippen molar-refractivity contribution in [2.75, 3.05) is 0 Å². The number of hydrogen-bond donors (Lipinski definition) is 0. The van der Waals surface area contributed by atoms with Crippen molar-refractivity contribution < 1.29 is 0 Å². The summed E-state index contributed by atoms with van der Waals surface area (Å²) in [7, 11) is 0. The molecule has 2 heteroatoms. The molecule has 0 saturated heterocycles. The van der Waals surface area contributed by atoms with E-state index in [1.165, 1.54) is 62.8 Å². The Kier molecular flexibility index (Phi) is 2.00. The average Bonchev–Trinajstić information content (AvgIpc) is 2.94. The third-order valence-electron chi connectivity index (χ3n) is 5.17. The van der Waals surface area contributed by atoms with E-state index in [1.807, 2.05) is 0 Å². The molecule has 4 rings (SSSR count). The number of fused-ring (bicyclic) bond motifs is 4. The van der Waals surface area contributed by atoms with Crippen LogP contribution in [0.4, 0.5) is 0 Å². The van der Waals surface area contributed by atoms with Crippen LogP contribution in [0.25, 0.3) is 0 Å². The van der Waals surface area contributed by atoms with Crippen molar-refractivity contribution in [3.05, 3.63) is 0 Å². The van der Waals surface area contributed by atoms with Crippen LogP contribution in [0.1, 0.15) is 51.4 Å². The lowest BCUT2D eigenvalue weighted by atomic mass is 9.75. The van der Waals surface area contributed by atoms with Crippen LogP contribution in [-0.4, -0.2) is 23.5 Å². The summed E-state index contributed by atoms with van der Waals surface area (Å²) in [5.74, 6) is 1.88. The Morgan fingerprint density at radius 3 is 2.62 bits per heavy atom. The van der Waals surface area contributed by atoms with E-state index in [0.29, 0.717) is 12.1 Å². The zero-order valence-electron chi connectivity index (χ0n) is 9.86. The molecular weight excluding hydrogens is 196 g/mol. The smallest absolute Gasteiger partial charge is 0.0757 e. The number of hydrogen-bond acceptors (Lipinski definition) is 2. The van der Waals surface area contributed by atoms with Gasteiger partial charge in [0.15, 0.2) is 0 Å². The van der Waals surface area contributed by atoms with Crippen LogP contribution in [0, 0.1) is 11.8 Å². The molecule has 2 nitrogen and oxygen atoms in total. The van der Waals surface area contributed by atoms with Crippen molar-refractivity contribution in [2.24, 2.45) is 21.8 Å². The molecule has 4 aliphatic rings. The van der Waals surface area contributed by atoms with Crippen molar-refractivity contribution in [3.63, 3.8) is 0 Å². The van der Waals surface area contributed by atoms with Crippen molar-refractivity contribution in [2.45, 2.75) is 63.5 Å². The van der Waals surface area contributed by atoms with Gasteiger partial charge in [-0.3, -0.25) is 9.98 Å². The molecule has 0 aromatic heterocycles. The first kappa shape index (κ1) is 9.38. The highest BCUT2D eigenvalue weighted by Gasteiger charge is 2.43. The Labute approximate surface area is 97.3 Å². The minimum absolute atomic E-state index is 0.566. The molecule has 0 radical (unpaired) electrons. The molecule has 0 aromatic carbocycles. The summed E-state index contributed by atoms with van der Waals surface area (Å²) in [6.07, 6.45) is 10.8. The standard InChI is InChI=1S/C14H20N2/c1-3-9-7-8-13-14(10(9)4-1)16-12-6-2-5-11(12)15-13/h9-10,13-14H,1-8H2. The lowest BCUT2D eigenvalue weighted by Crippen LogP contribution is -2.42. The molecule has 3 aliphatic carbocycles. The van der Waals surface area contributed by atoms with Gasteiger partial charge in [-0.05, 0) is 50.4 Å². The summed E-state index contributed by atoms with van der Waals surface area (Å²) < 4.78 is 0. The second-order valence-electron chi connectivity index (χ2n) is 6.00. The van der Waals surface area contributed by atoms with Gasteiger partial charge in [-0.2, -0.15) is 0 Å². The van der Waals surface area contributed by atoms with E-state index in [9.17, 15) is 0 Å². The maximum atomic E-state index is 5.09. The van der Waals surface area contributed by atoms with Gasteiger partial charge >= 0.3 is 0 Å². The third-order valence-corrected chi connectivity index (χ3v) is 5.17. The van der Waals surface area contributed by atoms with Crippen LogP contribution in [0.5, 0.6) is 0 Å². The normalized spacial score (nSPS) is 45.5. The first-order valence-electron chi connectivity index (χ1n) is 7.05. The highest BCUT2D eigenvalue weighted by Crippen LogP contribution is 2.45. The van der Waals surface area contributed by atoms with Gasteiger partial charge < -0.3 is 0 Å². The fourth-order valence-corrected chi connectivity index (χ4v) is 4.41. The Morgan fingerprint density at radius 2 is 1.69 bits per heavy atom. The summed E-state index contributed by atoms with van der Waals surface area (Å²) in [5, 5.41) is 0. The predicted molar refractivity (Wildman–Crippen MR) is 66.4 cm³/mol. The van der Waals surface area contributed by atoms with Crippen LogP contribution in [-0.2, 0) is 0 Å². The maximum absolute atomic E-state index is 5.09. The fraction of sp³-hybridized carbons (Fsp3) is 0.857. The Bertz CT molecular complexity index is 369. The molecule has 0 spiro atoms. The third kappa shape index (κ3) is 1.25. The van der Waals surface area contributed by atoms with Crippen molar-refractivity contribution in [3.8, 4) is 0 Å². The Hall–Kier alpha value is -0.660. The lowest BCUT2D eigenvalue weighted by Gasteiger charge is -2.38. The first-order chi connectivity index (χ1) is 7.92. The van der Waals surface area contributed by atoms with Gasteiger partial charge in [0.05, 0.1) is 23.5 Å². The maximum Gasteiger partial charge on any atom is 0.0757 e. The largest absolute Gasteiger partial charge is 0.282 e. The predicted octanol–water partition coefficient (Wildman–Crippen LogP) is 3.01. The van der Waals surface area contributed by atoms with E-state index in [2.05, 4.69) is 0 Å². The van der Waals surface area contributed by atoms with Crippen LogP contribution < -0.4 is 0 Å². The molecule has 16 heavy (non-hydrogen) atoms. The number of aliphatic imine (C=N–C) groups is 2. The van der Waals surface area contributed by atoms with E-state index in [0.717, 1.165) is 11.8 Å². The highest BCUT2D eigenvalue weighted by atomic mass is 15.0. The van der Waals surface area contributed by atoms with Crippen LogP contribution in [0.3, 0.4) is 0 Å². The molecule has 0 bridgehead atoms. The van der Waals surface area contributed by atoms with Crippen molar-refractivity contribution in [1.29, 1.82) is 0 Å². The lowest BCUT2D eigenvalue weighted by molar-refractivity contribution is 0.215. The zero-order chi connectivity index (χ0) is 10.5. The molecule has 4 unspecified atom stereocenters. The van der Waals surface area contributed by atoms with Gasteiger partial charge in [-0.25, -0.2) is 0 Å². The molecule has 3 saturated carbocycles. The zero-order valence-corrected chi connectivity index (χ0v) is 9.86. The average molecular weight is 216 g/mol. The summed E-state index contributed by atoms with van der Waals surface area (Å²) >= 11 is 0. The van der Waals surface area contributed by atoms with Crippen molar-refractivity contribution in [1.82, 2.24) is 0 Å². The molecule has 1 heterocycles. The van der Waals surface area contributed by atoms with Gasteiger partial charge in [0, 0.05) is 0 Å². The van der Waals surface area contributed by atoms with E-state index in [1.54, 1.807) is 0 Å². The topological polar surface area (TPSA) is 24.7 Å². The molecule has 0 aromatic rings. The van der Waals surface area contributed by atoms with Gasteiger partial charge in [-0.1, -0.05) is 12.8 Å². The van der Waals surface area contributed by atoms with Crippen LogP contribution in [0.2, 0.25) is 0 Å². The van der Waals surface area contributed by atoms with Crippen LogP contribution in [0.15, 0.2) is 9.98 Å². The SMILES string of the molecule is C1CC2=NC3CCC4CCCC4C3N=C2C1. The highest BCUT2D eigenvalue weighted by molar-refractivity contribution is 6.44. The second-order valence-corrected chi connectivity index (χ2v) is 6.00. The first-order valence-corrected chi connectivity index (χ1v) is 7.05. The van der Waals surface area contributed by atoms with E-state index >= 15 is 0 Å². The summed E-state index contributed by atoms with van der Waals surface area (Å²) in [5.41, 5.74) is 2.76. The Balaban J connectivity index is 1.68. The minimum atomic E-state index is 0.566. The summed E-state index contributed by atoms with van der Waals surface area (Å²) in [6, 6.07) is 1.15. The van der Waals surface area contributed by atoms with Gasteiger partial charge in [0.1, 0.15) is 0 Å². The minimum Gasteiger partial charge on any atom is -0.282 e. The Morgan fingerprint density at radius 1 is 0.812 bits per heavy atom. The fourth-order valence-electron chi connectivity index (χ4n) is 4.41. The molecule has 1 aliphatic heterocycles. The number of nitrogens with zero attached hydrogens (tertiary/aromatic N) is 2. The van der Waals surface area contributed by atoms with Gasteiger partial charge in [0.25, 0.3) is 0 Å². The van der Waals surface area contributed by atoms with Crippen LogP contribution >= 0.6 is 0 Å². The quantitative estimate of drug-likeness (QED) is 0.594. The second kappa shape index (κ2) is 3.41. The van der Waals surface area contributed by atoms with Gasteiger partial charge in [-0.15, -0.1) is 0 Å². The molecule has 0 amide bonds. The molecule has 3 fully saturated rings. The number of rotatable bonds is 0. The van der Waals surface area contributed by atoms with E-state index in [4.69, 9.17) is 9.98 Å². The summed E-state index contributed by atoms with van der Waals surface area (Å²) in [6.45, 7) is 0. The van der Waals surface area contributed by atoms with E-state index < -0.39 is 0 Å². The summed E-state index contributed by atoms with van der Waals surface area (Å²) in [4.78, 5) is 10.1.